The SMILES string of the molecule is Cc1ccc(OC[C@H](C)NC(=O)c2cc(C)c(C)cc2C)cc1C. The Morgan fingerprint density at radius 2 is 1.54 bits per heavy atom. The molecule has 0 bridgehead atoms. The predicted octanol–water partition coefficient (Wildman–Crippen LogP) is 4.43. The maximum atomic E-state index is 12.5. The van der Waals surface area contributed by atoms with Gasteiger partial charge in [-0.1, -0.05) is 12.1 Å². The second-order valence-corrected chi connectivity index (χ2v) is 6.68. The van der Waals surface area contributed by atoms with Crippen LogP contribution in [0.5, 0.6) is 5.75 Å². The van der Waals surface area contributed by atoms with E-state index in [0.717, 1.165) is 22.4 Å². The third-order valence-electron chi connectivity index (χ3n) is 4.44. The molecule has 3 nitrogen and oxygen atoms in total. The first kappa shape index (κ1) is 18.1. The highest BCUT2D eigenvalue weighted by Crippen LogP contribution is 2.17. The van der Waals surface area contributed by atoms with Gasteiger partial charge in [-0.25, -0.2) is 0 Å². The number of carbonyl (C=O) groups is 1. The third kappa shape index (κ3) is 4.38. The van der Waals surface area contributed by atoms with Gasteiger partial charge in [-0.3, -0.25) is 4.79 Å². The first-order chi connectivity index (χ1) is 11.3. The zero-order valence-corrected chi connectivity index (χ0v) is 15.5. The smallest absolute Gasteiger partial charge is 0.251 e. The second-order valence-electron chi connectivity index (χ2n) is 6.68. The van der Waals surface area contributed by atoms with Crippen LogP contribution in [0.2, 0.25) is 0 Å². The minimum atomic E-state index is -0.0693. The Hall–Kier alpha value is -2.29. The normalized spacial score (nSPS) is 11.9. The zero-order valence-electron chi connectivity index (χ0n) is 15.5. The zero-order chi connectivity index (χ0) is 17.9. The number of hydrogen-bond donors (Lipinski definition) is 1. The Bertz CT molecular complexity index is 750. The van der Waals surface area contributed by atoms with E-state index in [1.54, 1.807) is 0 Å². The molecule has 128 valence electrons. The molecule has 0 aromatic heterocycles. The van der Waals surface area contributed by atoms with Gasteiger partial charge in [-0.05, 0) is 87.6 Å². The number of carbonyl (C=O) groups excluding carboxylic acids is 1. The fourth-order valence-electron chi connectivity index (χ4n) is 2.57. The molecule has 24 heavy (non-hydrogen) atoms. The summed E-state index contributed by atoms with van der Waals surface area (Å²) in [5.41, 5.74) is 6.51. The largest absolute Gasteiger partial charge is 0.491 e. The number of aryl methyl sites for hydroxylation is 5. The van der Waals surface area contributed by atoms with Crippen LogP contribution in [0.3, 0.4) is 0 Å². The molecule has 3 heteroatoms. The van der Waals surface area contributed by atoms with Crippen LogP contribution in [0.1, 0.15) is 45.1 Å². The summed E-state index contributed by atoms with van der Waals surface area (Å²) in [6.07, 6.45) is 0. The fraction of sp³-hybridized carbons (Fsp3) is 0.381. The molecule has 2 aromatic carbocycles. The summed E-state index contributed by atoms with van der Waals surface area (Å²) < 4.78 is 5.80. The molecule has 0 fully saturated rings. The molecule has 0 radical (unpaired) electrons. The Morgan fingerprint density at radius 3 is 2.21 bits per heavy atom. The molecule has 1 atom stereocenters. The van der Waals surface area contributed by atoms with Gasteiger partial charge in [0.15, 0.2) is 0 Å². The average molecular weight is 325 g/mol. The molecule has 0 aliphatic rings. The Labute approximate surface area is 145 Å². The van der Waals surface area contributed by atoms with Gasteiger partial charge in [0.1, 0.15) is 12.4 Å². The lowest BCUT2D eigenvalue weighted by atomic mass is 10.0. The summed E-state index contributed by atoms with van der Waals surface area (Å²) in [6.45, 7) is 12.6. The van der Waals surface area contributed by atoms with Crippen LogP contribution in [0.25, 0.3) is 0 Å². The van der Waals surface area contributed by atoms with E-state index in [9.17, 15) is 4.79 Å². The Morgan fingerprint density at radius 1 is 0.917 bits per heavy atom. The number of hydrogen-bond acceptors (Lipinski definition) is 2. The highest BCUT2D eigenvalue weighted by Gasteiger charge is 2.14. The highest BCUT2D eigenvalue weighted by atomic mass is 16.5. The van der Waals surface area contributed by atoms with Crippen molar-refractivity contribution in [3.05, 3.63) is 63.7 Å². The van der Waals surface area contributed by atoms with E-state index in [4.69, 9.17) is 4.74 Å². The second kappa shape index (κ2) is 7.52. The molecular weight excluding hydrogens is 298 g/mol. The van der Waals surface area contributed by atoms with Crippen molar-refractivity contribution in [1.82, 2.24) is 5.32 Å². The molecule has 1 amide bonds. The summed E-state index contributed by atoms with van der Waals surface area (Å²) in [6, 6.07) is 9.98. The van der Waals surface area contributed by atoms with E-state index in [1.807, 2.05) is 45.0 Å². The van der Waals surface area contributed by atoms with Crippen LogP contribution in [0.4, 0.5) is 0 Å². The van der Waals surface area contributed by atoms with Gasteiger partial charge in [-0.15, -0.1) is 0 Å². The number of benzene rings is 2. The Kier molecular flexibility index (Phi) is 5.66. The molecule has 2 aromatic rings. The lowest BCUT2D eigenvalue weighted by Crippen LogP contribution is -2.37. The van der Waals surface area contributed by atoms with Gasteiger partial charge in [0, 0.05) is 5.56 Å². The molecule has 0 aliphatic carbocycles. The summed E-state index contributed by atoms with van der Waals surface area (Å²) in [5, 5.41) is 3.02. The van der Waals surface area contributed by atoms with Gasteiger partial charge in [0.2, 0.25) is 0 Å². The van der Waals surface area contributed by atoms with Crippen LogP contribution < -0.4 is 10.1 Å². The van der Waals surface area contributed by atoms with Crippen molar-refractivity contribution in [1.29, 1.82) is 0 Å². The van der Waals surface area contributed by atoms with Gasteiger partial charge < -0.3 is 10.1 Å². The maximum Gasteiger partial charge on any atom is 0.251 e. The molecule has 0 heterocycles. The topological polar surface area (TPSA) is 38.3 Å². The van der Waals surface area contributed by atoms with Crippen molar-refractivity contribution in [3.8, 4) is 5.75 Å². The first-order valence-corrected chi connectivity index (χ1v) is 8.36. The van der Waals surface area contributed by atoms with Gasteiger partial charge in [0.05, 0.1) is 6.04 Å². The molecule has 0 spiro atoms. The quantitative estimate of drug-likeness (QED) is 0.883. The summed E-state index contributed by atoms with van der Waals surface area (Å²) >= 11 is 0. The summed E-state index contributed by atoms with van der Waals surface area (Å²) in [5.74, 6) is 0.786. The molecule has 0 saturated carbocycles. The van der Waals surface area contributed by atoms with Crippen molar-refractivity contribution in [2.75, 3.05) is 6.61 Å². The van der Waals surface area contributed by atoms with Crippen molar-refractivity contribution in [3.63, 3.8) is 0 Å². The van der Waals surface area contributed by atoms with Crippen molar-refractivity contribution >= 4 is 5.91 Å². The fourth-order valence-corrected chi connectivity index (χ4v) is 2.57. The molecule has 2 rings (SSSR count). The van der Waals surface area contributed by atoms with Crippen LogP contribution in [-0.4, -0.2) is 18.6 Å². The van der Waals surface area contributed by atoms with Gasteiger partial charge in [0.25, 0.3) is 5.91 Å². The van der Waals surface area contributed by atoms with Crippen molar-refractivity contribution < 1.29 is 9.53 Å². The van der Waals surface area contributed by atoms with Crippen LogP contribution in [0, 0.1) is 34.6 Å². The summed E-state index contributed by atoms with van der Waals surface area (Å²) in [7, 11) is 0. The lowest BCUT2D eigenvalue weighted by molar-refractivity contribution is 0.0926. The Balaban J connectivity index is 1.96. The lowest BCUT2D eigenvalue weighted by Gasteiger charge is -2.17. The van der Waals surface area contributed by atoms with E-state index < -0.39 is 0 Å². The van der Waals surface area contributed by atoms with Crippen LogP contribution >= 0.6 is 0 Å². The van der Waals surface area contributed by atoms with E-state index in [1.165, 1.54) is 16.7 Å². The standard InChI is InChI=1S/C21H27NO2/c1-13-7-8-19(10-15(13)3)24-12-18(6)22-21(23)20-11-16(4)14(2)9-17(20)5/h7-11,18H,12H2,1-6H3,(H,22,23)/t18-/m0/s1. The van der Waals surface area contributed by atoms with E-state index in [-0.39, 0.29) is 11.9 Å². The molecule has 1 N–H and O–H groups in total. The van der Waals surface area contributed by atoms with E-state index in [0.29, 0.717) is 6.61 Å². The average Bonchev–Trinajstić information content (AvgIpc) is 2.52. The highest BCUT2D eigenvalue weighted by molar-refractivity contribution is 5.96. The number of amides is 1. The minimum Gasteiger partial charge on any atom is -0.491 e. The van der Waals surface area contributed by atoms with Gasteiger partial charge >= 0.3 is 0 Å². The summed E-state index contributed by atoms with van der Waals surface area (Å²) in [4.78, 5) is 12.5. The number of ether oxygens (including phenoxy) is 1. The van der Waals surface area contributed by atoms with E-state index >= 15 is 0 Å². The van der Waals surface area contributed by atoms with Gasteiger partial charge in [-0.2, -0.15) is 0 Å². The number of nitrogens with one attached hydrogen (secondary N) is 1. The maximum absolute atomic E-state index is 12.5. The predicted molar refractivity (Wildman–Crippen MR) is 99.0 cm³/mol. The van der Waals surface area contributed by atoms with Crippen molar-refractivity contribution in [2.24, 2.45) is 0 Å². The van der Waals surface area contributed by atoms with Crippen LogP contribution in [0.15, 0.2) is 30.3 Å². The van der Waals surface area contributed by atoms with E-state index in [2.05, 4.69) is 32.2 Å². The third-order valence-corrected chi connectivity index (χ3v) is 4.44. The number of rotatable bonds is 5. The van der Waals surface area contributed by atoms with Crippen LogP contribution in [-0.2, 0) is 0 Å². The molecule has 0 aliphatic heterocycles. The molecular formula is C21H27NO2. The molecule has 0 unspecified atom stereocenters. The monoisotopic (exact) mass is 325 g/mol. The molecule has 0 saturated heterocycles. The van der Waals surface area contributed by atoms with Crippen molar-refractivity contribution in [2.45, 2.75) is 47.6 Å². The minimum absolute atomic E-state index is 0.0493. The first-order valence-electron chi connectivity index (χ1n) is 8.36.